The lowest BCUT2D eigenvalue weighted by Crippen LogP contribution is -2.43. The third-order valence-corrected chi connectivity index (χ3v) is 7.39. The summed E-state index contributed by atoms with van der Waals surface area (Å²) < 4.78 is 23.0. The quantitative estimate of drug-likeness (QED) is 0.762. The topological polar surface area (TPSA) is 101 Å². The lowest BCUT2D eigenvalue weighted by Gasteiger charge is -2.27. The highest BCUT2D eigenvalue weighted by molar-refractivity contribution is 7.91. The van der Waals surface area contributed by atoms with Gasteiger partial charge in [-0.2, -0.15) is 0 Å². The zero-order valence-electron chi connectivity index (χ0n) is 13.2. The van der Waals surface area contributed by atoms with E-state index in [9.17, 15) is 23.1 Å². The summed E-state index contributed by atoms with van der Waals surface area (Å²) in [5.74, 6) is -0.818. The predicted octanol–water partition coefficient (Wildman–Crippen LogP) is 1.21. The van der Waals surface area contributed by atoms with Crippen LogP contribution in [0.4, 0.5) is 0 Å². The van der Waals surface area contributed by atoms with Gasteiger partial charge in [0.25, 0.3) is 0 Å². The van der Waals surface area contributed by atoms with Crippen molar-refractivity contribution >= 4 is 21.7 Å². The molecule has 2 aliphatic rings. The first kappa shape index (κ1) is 17.2. The molecule has 1 aliphatic heterocycles. The maximum absolute atomic E-state index is 12.3. The van der Waals surface area contributed by atoms with Gasteiger partial charge in [0.1, 0.15) is 9.84 Å². The van der Waals surface area contributed by atoms with E-state index in [1.807, 2.05) is 13.8 Å². The first-order chi connectivity index (χ1) is 10.2. The zero-order chi connectivity index (χ0) is 16.6. The number of sulfone groups is 1. The van der Waals surface area contributed by atoms with Gasteiger partial charge in [0.2, 0.25) is 5.91 Å². The van der Waals surface area contributed by atoms with E-state index >= 15 is 0 Å². The van der Waals surface area contributed by atoms with Gasteiger partial charge >= 0.3 is 5.97 Å². The van der Waals surface area contributed by atoms with Crippen LogP contribution in [-0.2, 0) is 19.4 Å². The molecular formula is C15H25NO5S. The summed E-state index contributed by atoms with van der Waals surface area (Å²) >= 11 is 0. The van der Waals surface area contributed by atoms with Crippen LogP contribution in [0.15, 0.2) is 0 Å². The van der Waals surface area contributed by atoms with E-state index in [0.29, 0.717) is 25.7 Å². The molecule has 7 heteroatoms. The molecule has 0 aromatic rings. The number of carboxylic acids is 1. The summed E-state index contributed by atoms with van der Waals surface area (Å²) in [6, 6.07) is 0. The molecule has 2 N–H and O–H groups in total. The maximum Gasteiger partial charge on any atom is 0.311 e. The van der Waals surface area contributed by atoms with Gasteiger partial charge in [0.15, 0.2) is 0 Å². The molecule has 1 saturated carbocycles. The number of rotatable bonds is 6. The Balaban J connectivity index is 1.91. The van der Waals surface area contributed by atoms with Crippen molar-refractivity contribution < 1.29 is 23.1 Å². The normalized spacial score (nSPS) is 25.6. The van der Waals surface area contributed by atoms with Crippen LogP contribution >= 0.6 is 0 Å². The molecule has 6 nitrogen and oxygen atoms in total. The van der Waals surface area contributed by atoms with E-state index in [0.717, 1.165) is 6.42 Å². The van der Waals surface area contributed by atoms with Crippen LogP contribution in [0.3, 0.4) is 0 Å². The smallest absolute Gasteiger partial charge is 0.311 e. The summed E-state index contributed by atoms with van der Waals surface area (Å²) in [5, 5.41) is 12.2. The van der Waals surface area contributed by atoms with Crippen molar-refractivity contribution in [3.05, 3.63) is 0 Å². The van der Waals surface area contributed by atoms with E-state index in [1.54, 1.807) is 0 Å². The maximum atomic E-state index is 12.3. The molecule has 2 fully saturated rings. The standard InChI is InChI=1S/C15H25NO5S/c1-3-14(4-2,13(18)19)10-16-12(17)11-9-15(11)5-7-22(20,21)8-6-15/h11H,3-10H2,1-2H3,(H,16,17)(H,18,19). The number of aliphatic carboxylic acids is 1. The molecule has 0 aromatic carbocycles. The van der Waals surface area contributed by atoms with Gasteiger partial charge in [-0.3, -0.25) is 9.59 Å². The monoisotopic (exact) mass is 331 g/mol. The van der Waals surface area contributed by atoms with Crippen molar-refractivity contribution in [1.29, 1.82) is 0 Å². The van der Waals surface area contributed by atoms with Gasteiger partial charge in [-0.25, -0.2) is 8.42 Å². The van der Waals surface area contributed by atoms with Crippen molar-refractivity contribution in [2.75, 3.05) is 18.1 Å². The molecule has 2 rings (SSSR count). The summed E-state index contributed by atoms with van der Waals surface area (Å²) in [6.45, 7) is 3.77. The lowest BCUT2D eigenvalue weighted by molar-refractivity contribution is -0.149. The van der Waals surface area contributed by atoms with Gasteiger partial charge in [-0.05, 0) is 37.5 Å². The van der Waals surface area contributed by atoms with Gasteiger partial charge < -0.3 is 10.4 Å². The largest absolute Gasteiger partial charge is 0.481 e. The van der Waals surface area contributed by atoms with Crippen LogP contribution in [0.5, 0.6) is 0 Å². The van der Waals surface area contributed by atoms with Crippen LogP contribution in [-0.4, -0.2) is 43.5 Å². The van der Waals surface area contributed by atoms with Crippen LogP contribution in [0.2, 0.25) is 0 Å². The van der Waals surface area contributed by atoms with Gasteiger partial charge in [0.05, 0.1) is 16.9 Å². The highest BCUT2D eigenvalue weighted by Crippen LogP contribution is 2.59. The Bertz CT molecular complexity index is 550. The second-order valence-corrected chi connectivity index (χ2v) is 9.08. The second-order valence-electron chi connectivity index (χ2n) is 6.78. The van der Waals surface area contributed by atoms with Crippen LogP contribution < -0.4 is 5.32 Å². The first-order valence-electron chi connectivity index (χ1n) is 7.92. The van der Waals surface area contributed by atoms with E-state index in [4.69, 9.17) is 0 Å². The molecule has 1 unspecified atom stereocenters. The highest BCUT2D eigenvalue weighted by atomic mass is 32.2. The van der Waals surface area contributed by atoms with Crippen molar-refractivity contribution in [2.24, 2.45) is 16.7 Å². The molecule has 0 aromatic heterocycles. The lowest BCUT2D eigenvalue weighted by atomic mass is 9.82. The Morgan fingerprint density at radius 2 is 1.77 bits per heavy atom. The second kappa shape index (κ2) is 5.83. The minimum Gasteiger partial charge on any atom is -0.481 e. The molecule has 1 saturated heterocycles. The summed E-state index contributed by atoms with van der Waals surface area (Å²) in [4.78, 5) is 23.7. The molecule has 22 heavy (non-hydrogen) atoms. The fourth-order valence-electron chi connectivity index (χ4n) is 3.47. The van der Waals surface area contributed by atoms with E-state index in [-0.39, 0.29) is 35.3 Å². The first-order valence-corrected chi connectivity index (χ1v) is 9.74. The van der Waals surface area contributed by atoms with E-state index in [1.165, 1.54) is 0 Å². The Kier molecular flexibility index (Phi) is 4.57. The van der Waals surface area contributed by atoms with Crippen molar-refractivity contribution in [3.63, 3.8) is 0 Å². The molecule has 126 valence electrons. The molecule has 1 aliphatic carbocycles. The number of carbonyl (C=O) groups is 2. The minimum absolute atomic E-state index is 0.119. The number of hydrogen-bond donors (Lipinski definition) is 2. The number of carboxylic acid groups (broad SMARTS) is 1. The van der Waals surface area contributed by atoms with Crippen molar-refractivity contribution in [1.82, 2.24) is 5.32 Å². The number of carbonyl (C=O) groups excluding carboxylic acids is 1. The molecule has 0 radical (unpaired) electrons. The Morgan fingerprint density at radius 3 is 2.23 bits per heavy atom. The van der Waals surface area contributed by atoms with E-state index < -0.39 is 21.2 Å². The molecule has 1 amide bonds. The third kappa shape index (κ3) is 3.14. The average Bonchev–Trinajstić information content (AvgIpc) is 3.18. The zero-order valence-corrected chi connectivity index (χ0v) is 14.0. The SMILES string of the molecule is CCC(CC)(CNC(=O)C1CC12CCS(=O)(=O)CC2)C(=O)O. The van der Waals surface area contributed by atoms with Crippen LogP contribution in [0.1, 0.15) is 46.0 Å². The van der Waals surface area contributed by atoms with Crippen LogP contribution in [0.25, 0.3) is 0 Å². The third-order valence-electron chi connectivity index (χ3n) is 5.74. The summed E-state index contributed by atoms with van der Waals surface area (Å²) in [6.07, 6.45) is 2.77. The minimum atomic E-state index is -2.93. The van der Waals surface area contributed by atoms with Crippen molar-refractivity contribution in [3.8, 4) is 0 Å². The van der Waals surface area contributed by atoms with Gasteiger partial charge in [-0.1, -0.05) is 13.8 Å². The molecule has 1 atom stereocenters. The molecule has 1 heterocycles. The van der Waals surface area contributed by atoms with E-state index in [2.05, 4.69) is 5.32 Å². The fourth-order valence-corrected chi connectivity index (χ4v) is 5.11. The van der Waals surface area contributed by atoms with Crippen LogP contribution in [0, 0.1) is 16.7 Å². The van der Waals surface area contributed by atoms with Gasteiger partial charge in [0, 0.05) is 12.5 Å². The molecule has 1 spiro atoms. The predicted molar refractivity (Wildman–Crippen MR) is 82.1 cm³/mol. The number of amides is 1. The Morgan fingerprint density at radius 1 is 1.23 bits per heavy atom. The highest BCUT2D eigenvalue weighted by Gasteiger charge is 2.59. The molecule has 0 bridgehead atoms. The summed E-state index contributed by atoms with van der Waals surface area (Å²) in [5.41, 5.74) is -1.06. The van der Waals surface area contributed by atoms with Crippen molar-refractivity contribution in [2.45, 2.75) is 46.0 Å². The molecular weight excluding hydrogens is 306 g/mol. The number of hydrogen-bond acceptors (Lipinski definition) is 4. The Hall–Kier alpha value is -1.11. The fraction of sp³-hybridized carbons (Fsp3) is 0.867. The van der Waals surface area contributed by atoms with Gasteiger partial charge in [-0.15, -0.1) is 0 Å². The average molecular weight is 331 g/mol. The summed E-state index contributed by atoms with van der Waals surface area (Å²) in [7, 11) is -2.93. The Labute approximate surface area is 131 Å². The number of nitrogens with one attached hydrogen (secondary N) is 1.